The fraction of sp³-hybridized carbons (Fsp3) is 0.227. The van der Waals surface area contributed by atoms with Gasteiger partial charge < -0.3 is 9.88 Å². The van der Waals surface area contributed by atoms with Crippen LogP contribution in [-0.2, 0) is 12.6 Å². The van der Waals surface area contributed by atoms with Crippen molar-refractivity contribution in [2.24, 2.45) is 0 Å². The van der Waals surface area contributed by atoms with E-state index < -0.39 is 29.5 Å². The van der Waals surface area contributed by atoms with Crippen molar-refractivity contribution in [1.82, 2.24) is 20.2 Å². The van der Waals surface area contributed by atoms with Crippen LogP contribution in [0.15, 0.2) is 36.5 Å². The molecule has 1 aliphatic heterocycles. The van der Waals surface area contributed by atoms with Gasteiger partial charge in [0.25, 0.3) is 0 Å². The van der Waals surface area contributed by atoms with Crippen molar-refractivity contribution in [2.75, 3.05) is 11.4 Å². The molecule has 33 heavy (non-hydrogen) atoms. The lowest BCUT2D eigenvalue weighted by Gasteiger charge is -2.36. The molecule has 0 bridgehead atoms. The fourth-order valence-corrected chi connectivity index (χ4v) is 4.37. The molecular weight excluding hydrogens is 465 g/mol. The molecule has 0 aliphatic carbocycles. The zero-order valence-corrected chi connectivity index (χ0v) is 17.8. The van der Waals surface area contributed by atoms with Gasteiger partial charge in [0.05, 0.1) is 6.20 Å². The fourth-order valence-electron chi connectivity index (χ4n) is 4.20. The van der Waals surface area contributed by atoms with Crippen molar-refractivity contribution in [3.05, 3.63) is 81.3 Å². The average molecular weight is 480 g/mol. The second-order valence-corrected chi connectivity index (χ2v) is 8.23. The van der Waals surface area contributed by atoms with E-state index in [2.05, 4.69) is 20.2 Å². The summed E-state index contributed by atoms with van der Waals surface area (Å²) in [4.78, 5) is 8.59. The number of aromatic nitrogens is 4. The Bertz CT molecular complexity index is 1370. The Hall–Kier alpha value is -3.27. The molecule has 1 atom stereocenters. The second-order valence-electron chi connectivity index (χ2n) is 7.79. The van der Waals surface area contributed by atoms with Crippen molar-refractivity contribution < 1.29 is 22.0 Å². The van der Waals surface area contributed by atoms with E-state index in [1.165, 1.54) is 24.0 Å². The number of aryl methyl sites for hydroxylation is 1. The van der Waals surface area contributed by atoms with Crippen molar-refractivity contribution in [1.29, 1.82) is 0 Å². The van der Waals surface area contributed by atoms with Crippen LogP contribution in [0.5, 0.6) is 0 Å². The Morgan fingerprint density at radius 1 is 1.09 bits per heavy atom. The van der Waals surface area contributed by atoms with Crippen LogP contribution in [0.4, 0.5) is 27.9 Å². The molecule has 2 aromatic heterocycles. The van der Waals surface area contributed by atoms with Gasteiger partial charge in [0.2, 0.25) is 5.95 Å². The molecule has 0 saturated carbocycles. The molecule has 0 spiro atoms. The number of fused-ring (bicyclic) bond motifs is 3. The Balaban J connectivity index is 1.70. The largest absolute Gasteiger partial charge is 0.436 e. The summed E-state index contributed by atoms with van der Waals surface area (Å²) in [6, 6.07) is 7.24. The van der Waals surface area contributed by atoms with Gasteiger partial charge in [-0.25, -0.2) is 13.8 Å². The van der Waals surface area contributed by atoms with Crippen LogP contribution >= 0.6 is 11.6 Å². The third-order valence-electron chi connectivity index (χ3n) is 5.79. The molecule has 3 heterocycles. The Morgan fingerprint density at radius 2 is 1.88 bits per heavy atom. The summed E-state index contributed by atoms with van der Waals surface area (Å²) in [5.41, 5.74) is 1.05. The predicted molar refractivity (Wildman–Crippen MR) is 112 cm³/mol. The molecule has 2 aromatic carbocycles. The minimum atomic E-state index is -4.70. The van der Waals surface area contributed by atoms with Gasteiger partial charge in [0, 0.05) is 33.7 Å². The van der Waals surface area contributed by atoms with E-state index in [1.807, 2.05) is 0 Å². The monoisotopic (exact) mass is 479 g/mol. The molecule has 1 N–H and O–H groups in total. The lowest BCUT2D eigenvalue weighted by Crippen LogP contribution is -2.38. The predicted octanol–water partition coefficient (Wildman–Crippen LogP) is 5.76. The number of hydrogen-bond donors (Lipinski definition) is 1. The molecule has 1 aliphatic rings. The molecular formula is C22H15ClF5N5. The normalized spacial score (nSPS) is 16.3. The molecule has 11 heteroatoms. The highest BCUT2D eigenvalue weighted by atomic mass is 35.5. The number of nitrogens with one attached hydrogen (secondary N) is 1. The molecule has 1 unspecified atom stereocenters. The number of alkyl halides is 3. The smallest absolute Gasteiger partial charge is 0.356 e. The maximum Gasteiger partial charge on any atom is 0.436 e. The third-order valence-corrected chi connectivity index (χ3v) is 6.02. The average Bonchev–Trinajstić information content (AvgIpc) is 3.15. The third kappa shape index (κ3) is 3.58. The van der Waals surface area contributed by atoms with Crippen LogP contribution in [0.1, 0.15) is 34.1 Å². The van der Waals surface area contributed by atoms with Crippen molar-refractivity contribution in [3.8, 4) is 0 Å². The first-order valence-electron chi connectivity index (χ1n) is 9.93. The Kier molecular flexibility index (Phi) is 5.00. The van der Waals surface area contributed by atoms with E-state index in [0.717, 1.165) is 16.5 Å². The number of rotatable bonds is 2. The molecule has 5 nitrogen and oxygen atoms in total. The summed E-state index contributed by atoms with van der Waals surface area (Å²) >= 11 is 6.16. The molecule has 0 radical (unpaired) electrons. The van der Waals surface area contributed by atoms with Gasteiger partial charge in [-0.05, 0) is 42.7 Å². The zero-order valence-electron chi connectivity index (χ0n) is 17.0. The molecule has 0 saturated heterocycles. The highest BCUT2D eigenvalue weighted by Gasteiger charge is 2.37. The van der Waals surface area contributed by atoms with E-state index in [9.17, 15) is 17.6 Å². The Labute approximate surface area is 189 Å². The molecule has 0 fully saturated rings. The van der Waals surface area contributed by atoms with Gasteiger partial charge in [-0.3, -0.25) is 0 Å². The van der Waals surface area contributed by atoms with E-state index in [0.29, 0.717) is 23.3 Å². The lowest BCUT2D eigenvalue weighted by atomic mass is 9.91. The molecule has 4 aromatic rings. The lowest BCUT2D eigenvalue weighted by molar-refractivity contribution is -0.142. The van der Waals surface area contributed by atoms with Crippen LogP contribution in [-0.4, -0.2) is 26.7 Å². The number of H-pyrrole nitrogens is 1. The summed E-state index contributed by atoms with van der Waals surface area (Å²) in [5.74, 6) is -2.17. The van der Waals surface area contributed by atoms with Crippen LogP contribution in [0.3, 0.4) is 0 Å². The van der Waals surface area contributed by atoms with Gasteiger partial charge in [0.1, 0.15) is 6.04 Å². The SMILES string of the molecule is Cc1ccc(C2c3[nH]c4ccc(Cl)cc4c3CCN2c2ncc(C(F)(F)F)nn2)c(F)c1F. The van der Waals surface area contributed by atoms with Gasteiger partial charge in [-0.2, -0.15) is 13.2 Å². The Morgan fingerprint density at radius 3 is 2.58 bits per heavy atom. The van der Waals surface area contributed by atoms with Crippen LogP contribution < -0.4 is 4.90 Å². The first kappa shape index (κ1) is 21.6. The highest BCUT2D eigenvalue weighted by Crippen LogP contribution is 2.41. The van der Waals surface area contributed by atoms with Crippen LogP contribution in [0.25, 0.3) is 10.9 Å². The van der Waals surface area contributed by atoms with Crippen molar-refractivity contribution >= 4 is 28.5 Å². The summed E-state index contributed by atoms with van der Waals surface area (Å²) in [6.45, 7) is 1.68. The van der Waals surface area contributed by atoms with Crippen molar-refractivity contribution in [3.63, 3.8) is 0 Å². The van der Waals surface area contributed by atoms with E-state index in [1.54, 1.807) is 18.2 Å². The van der Waals surface area contributed by atoms with Crippen molar-refractivity contribution in [2.45, 2.75) is 25.6 Å². The number of halogens is 6. The van der Waals surface area contributed by atoms with Gasteiger partial charge >= 0.3 is 6.18 Å². The van der Waals surface area contributed by atoms with Crippen LogP contribution in [0, 0.1) is 18.6 Å². The summed E-state index contributed by atoms with van der Waals surface area (Å²) in [5, 5.41) is 8.25. The number of anilines is 1. The van der Waals surface area contributed by atoms with E-state index in [4.69, 9.17) is 11.6 Å². The molecule has 5 rings (SSSR count). The number of hydrogen-bond acceptors (Lipinski definition) is 4. The first-order chi connectivity index (χ1) is 15.6. The second kappa shape index (κ2) is 7.65. The number of benzene rings is 2. The van der Waals surface area contributed by atoms with Gasteiger partial charge in [-0.15, -0.1) is 10.2 Å². The highest BCUT2D eigenvalue weighted by molar-refractivity contribution is 6.31. The molecule has 170 valence electrons. The standard InChI is InChI=1S/C22H15ClF5N5/c1-10-2-4-13(18(25)17(10)24)20-19-12(14-8-11(23)3-5-15(14)30-19)6-7-33(20)21-29-9-16(31-32-21)22(26,27)28/h2-5,8-9,20,30H,6-7H2,1H3. The summed E-state index contributed by atoms with van der Waals surface area (Å²) in [7, 11) is 0. The van der Waals surface area contributed by atoms with Gasteiger partial charge in [-0.1, -0.05) is 23.7 Å². The zero-order chi connectivity index (χ0) is 23.5. The van der Waals surface area contributed by atoms with E-state index >= 15 is 4.39 Å². The van der Waals surface area contributed by atoms with Crippen LogP contribution in [0.2, 0.25) is 5.02 Å². The summed E-state index contributed by atoms with van der Waals surface area (Å²) in [6.07, 6.45) is -3.67. The minimum absolute atomic E-state index is 0.000186. The van der Waals surface area contributed by atoms with E-state index in [-0.39, 0.29) is 23.6 Å². The number of aromatic amines is 1. The maximum atomic E-state index is 15.1. The first-order valence-corrected chi connectivity index (χ1v) is 10.3. The quantitative estimate of drug-likeness (QED) is 0.371. The van der Waals surface area contributed by atoms with Gasteiger partial charge in [0.15, 0.2) is 17.3 Å². The maximum absolute atomic E-state index is 15.1. The molecule has 0 amide bonds. The number of nitrogens with zero attached hydrogens (tertiary/aromatic N) is 4. The summed E-state index contributed by atoms with van der Waals surface area (Å²) < 4.78 is 68.4. The topological polar surface area (TPSA) is 57.7 Å². The minimum Gasteiger partial charge on any atom is -0.356 e.